The van der Waals surface area contributed by atoms with E-state index in [-0.39, 0.29) is 35.4 Å². The van der Waals surface area contributed by atoms with E-state index in [9.17, 15) is 18.0 Å². The minimum Gasteiger partial charge on any atom is -0.492 e. The van der Waals surface area contributed by atoms with E-state index in [4.69, 9.17) is 16.3 Å². The lowest BCUT2D eigenvalue weighted by molar-refractivity contribution is -0.116. The molecule has 2 aromatic carbocycles. The van der Waals surface area contributed by atoms with E-state index in [0.717, 1.165) is 0 Å². The largest absolute Gasteiger partial charge is 0.492 e. The molecule has 2 N–H and O–H groups in total. The molecule has 0 heterocycles. The number of hydrogen-bond acceptors (Lipinski definition) is 5. The lowest BCUT2D eigenvalue weighted by atomic mass is 10.2. The molecule has 0 fully saturated rings. The molecular formula is C22H28ClN3O5S. The zero-order valence-electron chi connectivity index (χ0n) is 18.4. The van der Waals surface area contributed by atoms with Gasteiger partial charge in [-0.3, -0.25) is 9.59 Å². The summed E-state index contributed by atoms with van der Waals surface area (Å²) in [5.41, 5.74) is 0.765. The Hall–Kier alpha value is -2.62. The molecule has 8 nitrogen and oxygen atoms in total. The van der Waals surface area contributed by atoms with Gasteiger partial charge in [-0.15, -0.1) is 0 Å². The first-order chi connectivity index (χ1) is 15.2. The van der Waals surface area contributed by atoms with Gasteiger partial charge in [0.1, 0.15) is 10.6 Å². The van der Waals surface area contributed by atoms with E-state index in [1.165, 1.54) is 16.4 Å². The van der Waals surface area contributed by atoms with Crippen molar-refractivity contribution >= 4 is 39.1 Å². The fourth-order valence-corrected chi connectivity index (χ4v) is 4.72. The van der Waals surface area contributed by atoms with Crippen molar-refractivity contribution < 1.29 is 22.7 Å². The maximum atomic E-state index is 13.0. The minimum absolute atomic E-state index is 0.00288. The number of carbonyl (C=O) groups is 2. The van der Waals surface area contributed by atoms with Gasteiger partial charge >= 0.3 is 0 Å². The molecule has 0 spiro atoms. The molecule has 10 heteroatoms. The molecule has 32 heavy (non-hydrogen) atoms. The van der Waals surface area contributed by atoms with Crippen LogP contribution >= 0.6 is 11.6 Å². The van der Waals surface area contributed by atoms with Crippen molar-refractivity contribution in [2.75, 3.05) is 31.6 Å². The molecule has 0 aromatic heterocycles. The Morgan fingerprint density at radius 1 is 1.03 bits per heavy atom. The van der Waals surface area contributed by atoms with Crippen molar-refractivity contribution in [1.29, 1.82) is 0 Å². The highest BCUT2D eigenvalue weighted by atomic mass is 35.5. The second-order valence-corrected chi connectivity index (χ2v) is 9.09. The van der Waals surface area contributed by atoms with Crippen LogP contribution in [0.1, 0.15) is 37.6 Å². The number of anilines is 1. The number of ether oxygens (including phenoxy) is 1. The summed E-state index contributed by atoms with van der Waals surface area (Å²) in [6.45, 7) is 6.33. The predicted molar refractivity (Wildman–Crippen MR) is 125 cm³/mol. The number of carbonyl (C=O) groups excluding carboxylic acids is 2. The fraction of sp³-hybridized carbons (Fsp3) is 0.364. The monoisotopic (exact) mass is 481 g/mol. The molecule has 174 valence electrons. The second kappa shape index (κ2) is 11.8. The summed E-state index contributed by atoms with van der Waals surface area (Å²) in [7, 11) is -3.78. The SMILES string of the molecule is CCOc1ccc(NC(=O)CCNC(=O)c2ccc(Cl)cc2)cc1S(=O)(=O)N(CC)CC. The fourth-order valence-electron chi connectivity index (χ4n) is 2.98. The number of benzene rings is 2. The summed E-state index contributed by atoms with van der Waals surface area (Å²) < 4.78 is 32.8. The van der Waals surface area contributed by atoms with E-state index in [2.05, 4.69) is 10.6 Å². The zero-order valence-corrected chi connectivity index (χ0v) is 19.9. The molecule has 0 bridgehead atoms. The third-order valence-corrected chi connectivity index (χ3v) is 6.92. The molecule has 2 rings (SSSR count). The van der Waals surface area contributed by atoms with Gasteiger partial charge in [0.15, 0.2) is 0 Å². The van der Waals surface area contributed by atoms with E-state index in [1.54, 1.807) is 51.1 Å². The first-order valence-electron chi connectivity index (χ1n) is 10.3. The number of nitrogens with zero attached hydrogens (tertiary/aromatic N) is 1. The summed E-state index contributed by atoms with van der Waals surface area (Å²) in [4.78, 5) is 24.4. The van der Waals surface area contributed by atoms with Crippen LogP contribution < -0.4 is 15.4 Å². The van der Waals surface area contributed by atoms with Crippen molar-refractivity contribution in [3.63, 3.8) is 0 Å². The van der Waals surface area contributed by atoms with E-state index in [0.29, 0.717) is 36.0 Å². The van der Waals surface area contributed by atoms with Crippen molar-refractivity contribution in [2.45, 2.75) is 32.1 Å². The van der Waals surface area contributed by atoms with Crippen LogP contribution in [0.2, 0.25) is 5.02 Å². The number of hydrogen-bond donors (Lipinski definition) is 2. The number of rotatable bonds is 11. The molecule has 0 saturated carbocycles. The average molecular weight is 482 g/mol. The van der Waals surface area contributed by atoms with Gasteiger partial charge in [-0.2, -0.15) is 4.31 Å². The Kier molecular flexibility index (Phi) is 9.49. The standard InChI is InChI=1S/C22H28ClN3O5S/c1-4-26(5-2)32(29,30)20-15-18(11-12-19(20)31-6-3)25-21(27)13-14-24-22(28)16-7-9-17(23)10-8-16/h7-12,15H,4-6,13-14H2,1-3H3,(H,24,28)(H,25,27). The molecule has 2 aromatic rings. The highest BCUT2D eigenvalue weighted by Crippen LogP contribution is 2.30. The van der Waals surface area contributed by atoms with Crippen LogP contribution in [0.5, 0.6) is 5.75 Å². The second-order valence-electron chi connectivity index (χ2n) is 6.74. The first-order valence-corrected chi connectivity index (χ1v) is 12.1. The van der Waals surface area contributed by atoms with Gasteiger partial charge < -0.3 is 15.4 Å². The van der Waals surface area contributed by atoms with Crippen molar-refractivity contribution in [2.24, 2.45) is 0 Å². The normalized spacial score (nSPS) is 11.3. The van der Waals surface area contributed by atoms with Gasteiger partial charge in [-0.1, -0.05) is 25.4 Å². The van der Waals surface area contributed by atoms with Crippen molar-refractivity contribution in [3.8, 4) is 5.75 Å². The van der Waals surface area contributed by atoms with Gasteiger partial charge in [-0.25, -0.2) is 8.42 Å². The maximum Gasteiger partial charge on any atom is 0.251 e. The molecular weight excluding hydrogens is 454 g/mol. The highest BCUT2D eigenvalue weighted by molar-refractivity contribution is 7.89. The summed E-state index contributed by atoms with van der Waals surface area (Å²) in [5, 5.41) is 5.86. The van der Waals surface area contributed by atoms with E-state index < -0.39 is 10.0 Å². The number of halogens is 1. The van der Waals surface area contributed by atoms with Crippen LogP contribution in [-0.2, 0) is 14.8 Å². The minimum atomic E-state index is -3.78. The van der Waals surface area contributed by atoms with Crippen molar-refractivity contribution in [1.82, 2.24) is 9.62 Å². The Morgan fingerprint density at radius 2 is 1.69 bits per heavy atom. The average Bonchev–Trinajstić information content (AvgIpc) is 2.76. The van der Waals surface area contributed by atoms with E-state index >= 15 is 0 Å². The summed E-state index contributed by atoms with van der Waals surface area (Å²) >= 11 is 5.81. The first kappa shape index (κ1) is 25.6. The number of amides is 2. The Balaban J connectivity index is 2.06. The van der Waals surface area contributed by atoms with Gasteiger partial charge in [0.2, 0.25) is 15.9 Å². The van der Waals surface area contributed by atoms with Crippen LogP contribution in [0.15, 0.2) is 47.4 Å². The Labute approximate surface area is 193 Å². The molecule has 0 aliphatic heterocycles. The lowest BCUT2D eigenvalue weighted by Crippen LogP contribution is -2.31. The van der Waals surface area contributed by atoms with Crippen LogP contribution in [0.25, 0.3) is 0 Å². The third kappa shape index (κ3) is 6.69. The maximum absolute atomic E-state index is 13.0. The Bertz CT molecular complexity index is 1040. The van der Waals surface area contributed by atoms with Crippen LogP contribution in [-0.4, -0.2) is 50.8 Å². The summed E-state index contributed by atoms with van der Waals surface area (Å²) in [6, 6.07) is 10.9. The number of sulfonamides is 1. The van der Waals surface area contributed by atoms with Gasteiger partial charge in [0.05, 0.1) is 6.61 Å². The van der Waals surface area contributed by atoms with Crippen LogP contribution in [0, 0.1) is 0 Å². The van der Waals surface area contributed by atoms with Crippen LogP contribution in [0.4, 0.5) is 5.69 Å². The van der Waals surface area contributed by atoms with Crippen molar-refractivity contribution in [3.05, 3.63) is 53.1 Å². The zero-order chi connectivity index (χ0) is 23.7. The predicted octanol–water partition coefficient (Wildman–Crippen LogP) is 3.53. The van der Waals surface area contributed by atoms with Gasteiger partial charge in [-0.05, 0) is 49.4 Å². The summed E-state index contributed by atoms with van der Waals surface area (Å²) in [6.07, 6.45) is 0.0185. The summed E-state index contributed by atoms with van der Waals surface area (Å²) in [5.74, 6) is -0.451. The smallest absolute Gasteiger partial charge is 0.251 e. The molecule has 2 amide bonds. The molecule has 0 atom stereocenters. The molecule has 0 radical (unpaired) electrons. The lowest BCUT2D eigenvalue weighted by Gasteiger charge is -2.21. The van der Waals surface area contributed by atoms with Crippen LogP contribution in [0.3, 0.4) is 0 Å². The third-order valence-electron chi connectivity index (χ3n) is 4.59. The quantitative estimate of drug-likeness (QED) is 0.511. The molecule has 0 aliphatic carbocycles. The topological polar surface area (TPSA) is 105 Å². The number of nitrogens with one attached hydrogen (secondary N) is 2. The molecule has 0 unspecified atom stereocenters. The highest BCUT2D eigenvalue weighted by Gasteiger charge is 2.26. The Morgan fingerprint density at radius 3 is 2.28 bits per heavy atom. The van der Waals surface area contributed by atoms with E-state index in [1.807, 2.05) is 0 Å². The molecule has 0 aliphatic rings. The van der Waals surface area contributed by atoms with Gasteiger partial charge in [0.25, 0.3) is 5.91 Å². The van der Waals surface area contributed by atoms with Gasteiger partial charge in [0, 0.05) is 42.3 Å². The molecule has 0 saturated heterocycles.